The first kappa shape index (κ1) is 14.5. The van der Waals surface area contributed by atoms with E-state index in [-0.39, 0.29) is 11.5 Å². The largest absolute Gasteiger partial charge is 0.497 e. The van der Waals surface area contributed by atoms with Crippen LogP contribution in [0.2, 0.25) is 0 Å². The fourth-order valence-corrected chi connectivity index (χ4v) is 1.85. The van der Waals surface area contributed by atoms with Crippen molar-refractivity contribution in [3.8, 4) is 5.75 Å². The fourth-order valence-electron chi connectivity index (χ4n) is 1.85. The van der Waals surface area contributed by atoms with Gasteiger partial charge >= 0.3 is 5.69 Å². The van der Waals surface area contributed by atoms with E-state index in [4.69, 9.17) is 4.74 Å². The van der Waals surface area contributed by atoms with Crippen LogP contribution in [-0.4, -0.2) is 28.0 Å². The summed E-state index contributed by atoms with van der Waals surface area (Å²) in [5, 5.41) is 19.0. The molecule has 1 N–H and O–H groups in total. The number of nitrogens with zero attached hydrogens (tertiary/aromatic N) is 4. The number of anilines is 1. The summed E-state index contributed by atoms with van der Waals surface area (Å²) < 4.78 is 6.44. The van der Waals surface area contributed by atoms with Crippen molar-refractivity contribution in [3.63, 3.8) is 0 Å². The standard InChI is InChI=1S/C13H15N5O3/c1-9-12(18(19)20)13(17(2)16-9)15-14-8-10-4-6-11(21-3)7-5-10/h4-8,15H,1-3H3/b14-8-. The lowest BCUT2D eigenvalue weighted by Gasteiger charge is -2.01. The van der Waals surface area contributed by atoms with E-state index in [2.05, 4.69) is 15.6 Å². The number of hydrogen-bond donors (Lipinski definition) is 1. The lowest BCUT2D eigenvalue weighted by molar-refractivity contribution is -0.384. The number of aryl methyl sites for hydroxylation is 2. The third kappa shape index (κ3) is 3.16. The van der Waals surface area contributed by atoms with E-state index >= 15 is 0 Å². The molecule has 8 nitrogen and oxygen atoms in total. The third-order valence-electron chi connectivity index (χ3n) is 2.87. The average molecular weight is 289 g/mol. The van der Waals surface area contributed by atoms with E-state index in [1.54, 1.807) is 39.4 Å². The van der Waals surface area contributed by atoms with Gasteiger partial charge < -0.3 is 4.74 Å². The van der Waals surface area contributed by atoms with Gasteiger partial charge in [-0.05, 0) is 36.8 Å². The highest BCUT2D eigenvalue weighted by Gasteiger charge is 2.23. The van der Waals surface area contributed by atoms with Gasteiger partial charge in [0, 0.05) is 7.05 Å². The molecule has 2 aromatic rings. The highest BCUT2D eigenvalue weighted by Crippen LogP contribution is 2.27. The van der Waals surface area contributed by atoms with Gasteiger partial charge in [0.15, 0.2) is 0 Å². The molecule has 2 rings (SSSR count). The number of nitrogens with one attached hydrogen (secondary N) is 1. The van der Waals surface area contributed by atoms with E-state index in [1.165, 1.54) is 4.68 Å². The number of nitro groups is 1. The Morgan fingerprint density at radius 3 is 2.67 bits per heavy atom. The predicted molar refractivity (Wildman–Crippen MR) is 78.8 cm³/mol. The molecule has 1 aromatic heterocycles. The molecule has 8 heteroatoms. The summed E-state index contributed by atoms with van der Waals surface area (Å²) >= 11 is 0. The topological polar surface area (TPSA) is 94.6 Å². The van der Waals surface area contributed by atoms with Gasteiger partial charge in [-0.3, -0.25) is 15.5 Å². The Hall–Kier alpha value is -2.90. The molecule has 0 atom stereocenters. The molecule has 0 bridgehead atoms. The summed E-state index contributed by atoms with van der Waals surface area (Å²) in [7, 11) is 3.21. The van der Waals surface area contributed by atoms with Crippen LogP contribution in [0.4, 0.5) is 11.5 Å². The van der Waals surface area contributed by atoms with Gasteiger partial charge in [0.25, 0.3) is 0 Å². The Morgan fingerprint density at radius 1 is 1.43 bits per heavy atom. The van der Waals surface area contributed by atoms with Crippen LogP contribution in [0.1, 0.15) is 11.3 Å². The average Bonchev–Trinajstić information content (AvgIpc) is 2.74. The van der Waals surface area contributed by atoms with Crippen LogP contribution >= 0.6 is 0 Å². The molecule has 0 aliphatic heterocycles. The Balaban J connectivity index is 2.15. The van der Waals surface area contributed by atoms with E-state index < -0.39 is 4.92 Å². The molecule has 0 fully saturated rings. The molecular weight excluding hydrogens is 274 g/mol. The minimum atomic E-state index is -0.479. The third-order valence-corrected chi connectivity index (χ3v) is 2.87. The minimum Gasteiger partial charge on any atom is -0.497 e. The number of methoxy groups -OCH3 is 1. The molecule has 0 aliphatic rings. The zero-order valence-electron chi connectivity index (χ0n) is 11.9. The number of aromatic nitrogens is 2. The fraction of sp³-hybridized carbons (Fsp3) is 0.231. The van der Waals surface area contributed by atoms with Crippen molar-refractivity contribution in [3.05, 3.63) is 45.6 Å². The number of rotatable bonds is 5. The summed E-state index contributed by atoms with van der Waals surface area (Å²) in [5.74, 6) is 0.986. The second-order valence-corrected chi connectivity index (χ2v) is 4.31. The number of hydrazone groups is 1. The minimum absolute atomic E-state index is 0.0793. The van der Waals surface area contributed by atoms with Gasteiger partial charge in [0.1, 0.15) is 11.4 Å². The van der Waals surface area contributed by atoms with Crippen molar-refractivity contribution in [1.82, 2.24) is 9.78 Å². The van der Waals surface area contributed by atoms with Gasteiger partial charge in [-0.2, -0.15) is 10.2 Å². The first-order valence-electron chi connectivity index (χ1n) is 6.14. The van der Waals surface area contributed by atoms with Crippen molar-refractivity contribution in [2.75, 3.05) is 12.5 Å². The van der Waals surface area contributed by atoms with E-state index in [0.717, 1.165) is 11.3 Å². The van der Waals surface area contributed by atoms with Gasteiger partial charge in [0.2, 0.25) is 5.82 Å². The maximum Gasteiger partial charge on any atom is 0.335 e. The first-order chi connectivity index (χ1) is 10.0. The van der Waals surface area contributed by atoms with Gasteiger partial charge in [-0.25, -0.2) is 4.68 Å². The Kier molecular flexibility index (Phi) is 4.17. The summed E-state index contributed by atoms with van der Waals surface area (Å²) in [6.07, 6.45) is 1.56. The van der Waals surface area contributed by atoms with Crippen molar-refractivity contribution in [2.45, 2.75) is 6.92 Å². The lowest BCUT2D eigenvalue weighted by Crippen LogP contribution is -2.01. The van der Waals surface area contributed by atoms with Crippen molar-refractivity contribution >= 4 is 17.7 Å². The van der Waals surface area contributed by atoms with E-state index in [9.17, 15) is 10.1 Å². The predicted octanol–water partition coefficient (Wildman–Crippen LogP) is 2.09. The number of ether oxygens (including phenoxy) is 1. The molecule has 0 unspecified atom stereocenters. The SMILES string of the molecule is COc1ccc(/C=N\Nc2c([N+](=O)[O-])c(C)nn2C)cc1. The van der Waals surface area contributed by atoms with Crippen LogP contribution in [0.15, 0.2) is 29.4 Å². The highest BCUT2D eigenvalue weighted by atomic mass is 16.6. The maximum atomic E-state index is 11.0. The quantitative estimate of drug-likeness (QED) is 0.516. The van der Waals surface area contributed by atoms with Gasteiger partial charge in [-0.1, -0.05) is 0 Å². The van der Waals surface area contributed by atoms with Crippen LogP contribution in [0.3, 0.4) is 0 Å². The molecule has 110 valence electrons. The molecule has 0 amide bonds. The normalized spacial score (nSPS) is 10.8. The zero-order valence-corrected chi connectivity index (χ0v) is 11.9. The van der Waals surface area contributed by atoms with Crippen LogP contribution < -0.4 is 10.2 Å². The first-order valence-corrected chi connectivity index (χ1v) is 6.14. The Labute approximate surface area is 121 Å². The van der Waals surface area contributed by atoms with E-state index in [1.807, 2.05) is 12.1 Å². The van der Waals surface area contributed by atoms with Crippen molar-refractivity contribution in [1.29, 1.82) is 0 Å². The summed E-state index contributed by atoms with van der Waals surface area (Å²) in [6.45, 7) is 1.58. The molecule has 0 spiro atoms. The summed E-state index contributed by atoms with van der Waals surface area (Å²) in [4.78, 5) is 10.5. The Morgan fingerprint density at radius 2 is 2.10 bits per heavy atom. The smallest absolute Gasteiger partial charge is 0.335 e. The van der Waals surface area contributed by atoms with Crippen LogP contribution in [-0.2, 0) is 7.05 Å². The molecule has 0 radical (unpaired) electrons. The Bertz CT molecular complexity index is 676. The molecular formula is C13H15N5O3. The van der Waals surface area contributed by atoms with Gasteiger partial charge in [0.05, 0.1) is 18.2 Å². The molecule has 0 aliphatic carbocycles. The monoisotopic (exact) mass is 289 g/mol. The van der Waals surface area contributed by atoms with Crippen molar-refractivity contribution < 1.29 is 9.66 Å². The molecule has 1 heterocycles. The number of hydrogen-bond acceptors (Lipinski definition) is 6. The van der Waals surface area contributed by atoms with Crippen LogP contribution in [0.5, 0.6) is 5.75 Å². The van der Waals surface area contributed by atoms with Gasteiger partial charge in [-0.15, -0.1) is 0 Å². The second-order valence-electron chi connectivity index (χ2n) is 4.31. The van der Waals surface area contributed by atoms with Crippen LogP contribution in [0, 0.1) is 17.0 Å². The maximum absolute atomic E-state index is 11.0. The van der Waals surface area contributed by atoms with E-state index in [0.29, 0.717) is 5.69 Å². The molecule has 1 aromatic carbocycles. The highest BCUT2D eigenvalue weighted by molar-refractivity contribution is 5.80. The summed E-state index contributed by atoms with van der Waals surface area (Å²) in [5.41, 5.74) is 3.75. The number of benzene rings is 1. The molecule has 0 saturated heterocycles. The van der Waals surface area contributed by atoms with Crippen LogP contribution in [0.25, 0.3) is 0 Å². The lowest BCUT2D eigenvalue weighted by atomic mass is 10.2. The molecule has 21 heavy (non-hydrogen) atoms. The van der Waals surface area contributed by atoms with Crippen molar-refractivity contribution in [2.24, 2.45) is 12.1 Å². The molecule has 0 saturated carbocycles. The zero-order chi connectivity index (χ0) is 15.4. The second kappa shape index (κ2) is 6.04. The summed E-state index contributed by atoms with van der Waals surface area (Å²) in [6, 6.07) is 7.26.